The molecular formula is C10H10N2O2S. The Balaban J connectivity index is 2.24. The summed E-state index contributed by atoms with van der Waals surface area (Å²) in [4.78, 5) is 11.2. The molecule has 2 heterocycles. The zero-order chi connectivity index (χ0) is 10.7. The smallest absolute Gasteiger partial charge is 0.160 e. The zero-order valence-electron chi connectivity index (χ0n) is 8.21. The lowest BCUT2D eigenvalue weighted by atomic mass is 10.5. The molecule has 0 aliphatic carbocycles. The Morgan fingerprint density at radius 3 is 3.13 bits per heavy atom. The van der Waals surface area contributed by atoms with Gasteiger partial charge in [0.15, 0.2) is 12.0 Å². The topological polar surface area (TPSA) is 44.1 Å². The van der Waals surface area contributed by atoms with Crippen LogP contribution in [-0.4, -0.2) is 22.7 Å². The van der Waals surface area contributed by atoms with Gasteiger partial charge in [0.1, 0.15) is 5.00 Å². The summed E-state index contributed by atoms with van der Waals surface area (Å²) in [7, 11) is 0. The van der Waals surface area contributed by atoms with Crippen molar-refractivity contribution in [1.82, 2.24) is 9.78 Å². The summed E-state index contributed by atoms with van der Waals surface area (Å²) in [5.74, 6) is 0.735. The second kappa shape index (κ2) is 4.27. The summed E-state index contributed by atoms with van der Waals surface area (Å²) in [6.45, 7) is 2.54. The molecule has 0 bridgehead atoms. The Kier molecular flexibility index (Phi) is 2.82. The van der Waals surface area contributed by atoms with Gasteiger partial charge < -0.3 is 4.74 Å². The molecule has 0 fully saturated rings. The van der Waals surface area contributed by atoms with Crippen molar-refractivity contribution in [3.8, 4) is 10.8 Å². The van der Waals surface area contributed by atoms with E-state index in [1.54, 1.807) is 23.1 Å². The Hall–Kier alpha value is -1.62. The van der Waals surface area contributed by atoms with Gasteiger partial charge in [0.25, 0.3) is 0 Å². The highest BCUT2D eigenvalue weighted by molar-refractivity contribution is 7.16. The van der Waals surface area contributed by atoms with Gasteiger partial charge in [-0.1, -0.05) is 0 Å². The van der Waals surface area contributed by atoms with Crippen molar-refractivity contribution in [2.75, 3.05) is 6.61 Å². The molecule has 0 radical (unpaired) electrons. The van der Waals surface area contributed by atoms with Crippen LogP contribution in [0, 0.1) is 0 Å². The third kappa shape index (κ3) is 2.07. The van der Waals surface area contributed by atoms with E-state index in [1.165, 1.54) is 11.3 Å². The predicted octanol–water partition coefficient (Wildman–Crippen LogP) is 2.14. The second-order valence-electron chi connectivity index (χ2n) is 2.85. The van der Waals surface area contributed by atoms with Crippen LogP contribution in [0.4, 0.5) is 0 Å². The lowest BCUT2D eigenvalue weighted by molar-refractivity contribution is 0.112. The van der Waals surface area contributed by atoms with E-state index < -0.39 is 0 Å². The molecule has 78 valence electrons. The molecule has 0 saturated carbocycles. The number of hydrogen-bond donors (Lipinski definition) is 0. The molecule has 5 heteroatoms. The van der Waals surface area contributed by atoms with Crippen molar-refractivity contribution < 1.29 is 9.53 Å². The van der Waals surface area contributed by atoms with Crippen molar-refractivity contribution >= 4 is 17.6 Å². The first-order valence-corrected chi connectivity index (χ1v) is 5.38. The molecule has 0 saturated heterocycles. The summed E-state index contributed by atoms with van der Waals surface area (Å²) < 4.78 is 6.99. The molecule has 0 atom stereocenters. The molecule has 0 amide bonds. The SMILES string of the molecule is CCOc1cnn(-c2ccc(C=O)s2)c1. The average Bonchev–Trinajstić information content (AvgIpc) is 2.85. The number of rotatable bonds is 4. The van der Waals surface area contributed by atoms with Crippen molar-refractivity contribution in [3.63, 3.8) is 0 Å². The predicted molar refractivity (Wildman–Crippen MR) is 58.0 cm³/mol. The van der Waals surface area contributed by atoms with Crippen LogP contribution in [0.5, 0.6) is 5.75 Å². The minimum absolute atomic E-state index is 0.621. The fourth-order valence-electron chi connectivity index (χ4n) is 1.20. The number of carbonyl (C=O) groups is 1. The van der Waals surface area contributed by atoms with Crippen LogP contribution >= 0.6 is 11.3 Å². The van der Waals surface area contributed by atoms with E-state index in [9.17, 15) is 4.79 Å². The van der Waals surface area contributed by atoms with Crippen LogP contribution in [0.15, 0.2) is 24.5 Å². The van der Waals surface area contributed by atoms with Crippen LogP contribution in [0.1, 0.15) is 16.6 Å². The quantitative estimate of drug-likeness (QED) is 0.744. The molecule has 2 rings (SSSR count). The third-order valence-corrected chi connectivity index (χ3v) is 2.82. The van der Waals surface area contributed by atoms with E-state index in [0.717, 1.165) is 17.0 Å². The van der Waals surface area contributed by atoms with Crippen LogP contribution in [0.2, 0.25) is 0 Å². The van der Waals surface area contributed by atoms with Gasteiger partial charge in [-0.3, -0.25) is 4.79 Å². The maximum atomic E-state index is 10.5. The molecule has 15 heavy (non-hydrogen) atoms. The second-order valence-corrected chi connectivity index (χ2v) is 3.94. The van der Waals surface area contributed by atoms with Crippen LogP contribution in [-0.2, 0) is 0 Å². The van der Waals surface area contributed by atoms with Gasteiger partial charge in [-0.2, -0.15) is 5.10 Å². The van der Waals surface area contributed by atoms with E-state index in [4.69, 9.17) is 4.74 Å². The van der Waals surface area contributed by atoms with E-state index in [-0.39, 0.29) is 0 Å². The molecule has 0 aromatic carbocycles. The Labute approximate surface area is 91.1 Å². The summed E-state index contributed by atoms with van der Waals surface area (Å²) in [5.41, 5.74) is 0. The van der Waals surface area contributed by atoms with Gasteiger partial charge >= 0.3 is 0 Å². The Morgan fingerprint density at radius 2 is 2.47 bits per heavy atom. The van der Waals surface area contributed by atoms with E-state index in [1.807, 2.05) is 13.0 Å². The first-order valence-electron chi connectivity index (χ1n) is 4.56. The number of ether oxygens (including phenoxy) is 1. The molecule has 0 spiro atoms. The van der Waals surface area contributed by atoms with Crippen LogP contribution < -0.4 is 4.74 Å². The Bertz CT molecular complexity index is 461. The van der Waals surface area contributed by atoms with Crippen molar-refractivity contribution in [1.29, 1.82) is 0 Å². The van der Waals surface area contributed by atoms with E-state index >= 15 is 0 Å². The monoisotopic (exact) mass is 222 g/mol. The van der Waals surface area contributed by atoms with Gasteiger partial charge in [0, 0.05) is 0 Å². The highest BCUT2D eigenvalue weighted by Gasteiger charge is 2.04. The summed E-state index contributed by atoms with van der Waals surface area (Å²) >= 11 is 1.39. The molecule has 0 N–H and O–H groups in total. The summed E-state index contributed by atoms with van der Waals surface area (Å²) in [6.07, 6.45) is 4.29. The fourth-order valence-corrected chi connectivity index (χ4v) is 1.95. The van der Waals surface area contributed by atoms with Gasteiger partial charge in [-0.25, -0.2) is 4.68 Å². The van der Waals surface area contributed by atoms with Gasteiger partial charge in [-0.15, -0.1) is 11.3 Å². The number of carbonyl (C=O) groups excluding carboxylic acids is 1. The maximum Gasteiger partial charge on any atom is 0.160 e. The molecule has 0 unspecified atom stereocenters. The molecule has 2 aromatic heterocycles. The standard InChI is InChI=1S/C10H10N2O2S/c1-2-14-8-5-11-12(6-8)10-4-3-9(7-13)15-10/h3-7H,2H2,1H3. The maximum absolute atomic E-state index is 10.5. The normalized spacial score (nSPS) is 10.2. The lowest BCUT2D eigenvalue weighted by Gasteiger charge is -1.96. The number of aromatic nitrogens is 2. The molecular weight excluding hydrogens is 212 g/mol. The highest BCUT2D eigenvalue weighted by atomic mass is 32.1. The summed E-state index contributed by atoms with van der Waals surface area (Å²) in [5, 5.41) is 5.04. The highest BCUT2D eigenvalue weighted by Crippen LogP contribution is 2.20. The number of nitrogens with zero attached hydrogens (tertiary/aromatic N) is 2. The summed E-state index contributed by atoms with van der Waals surface area (Å²) in [6, 6.07) is 3.63. The molecule has 0 aliphatic heterocycles. The van der Waals surface area contributed by atoms with E-state index in [2.05, 4.69) is 5.10 Å². The molecule has 2 aromatic rings. The first kappa shape index (κ1) is 9.92. The van der Waals surface area contributed by atoms with Gasteiger partial charge in [0.2, 0.25) is 0 Å². The first-order chi connectivity index (χ1) is 7.33. The van der Waals surface area contributed by atoms with Crippen LogP contribution in [0.25, 0.3) is 5.00 Å². The molecule has 4 nitrogen and oxygen atoms in total. The van der Waals surface area contributed by atoms with Crippen molar-refractivity contribution in [2.45, 2.75) is 6.92 Å². The minimum Gasteiger partial charge on any atom is -0.491 e. The Morgan fingerprint density at radius 1 is 1.60 bits per heavy atom. The lowest BCUT2D eigenvalue weighted by Crippen LogP contribution is -1.90. The number of thiophene rings is 1. The zero-order valence-corrected chi connectivity index (χ0v) is 9.03. The van der Waals surface area contributed by atoms with Crippen molar-refractivity contribution in [2.24, 2.45) is 0 Å². The molecule has 0 aliphatic rings. The number of hydrogen-bond acceptors (Lipinski definition) is 4. The average molecular weight is 222 g/mol. The van der Waals surface area contributed by atoms with E-state index in [0.29, 0.717) is 11.5 Å². The van der Waals surface area contributed by atoms with Gasteiger partial charge in [-0.05, 0) is 19.1 Å². The number of aldehydes is 1. The largest absolute Gasteiger partial charge is 0.491 e. The third-order valence-electron chi connectivity index (χ3n) is 1.82. The van der Waals surface area contributed by atoms with Gasteiger partial charge in [0.05, 0.1) is 23.9 Å². The van der Waals surface area contributed by atoms with Crippen LogP contribution in [0.3, 0.4) is 0 Å². The minimum atomic E-state index is 0.621. The van der Waals surface area contributed by atoms with Crippen molar-refractivity contribution in [3.05, 3.63) is 29.4 Å². The fraction of sp³-hybridized carbons (Fsp3) is 0.200.